The second kappa shape index (κ2) is 6.05. The van der Waals surface area contributed by atoms with Gasteiger partial charge in [0.1, 0.15) is 5.82 Å². The molecule has 0 saturated heterocycles. The normalized spacial score (nSPS) is 19.6. The molecule has 2 aromatic carbocycles. The molecule has 0 aromatic heterocycles. The van der Waals surface area contributed by atoms with Crippen LogP contribution in [0.5, 0.6) is 0 Å². The first-order chi connectivity index (χ1) is 12.1. The van der Waals surface area contributed by atoms with Gasteiger partial charge in [0.25, 0.3) is 5.91 Å². The molecule has 5 nitrogen and oxygen atoms in total. The lowest BCUT2D eigenvalue weighted by Crippen LogP contribution is -2.44. The Kier molecular flexibility index (Phi) is 3.72. The number of rotatable bonds is 3. The van der Waals surface area contributed by atoms with Crippen LogP contribution in [-0.4, -0.2) is 23.4 Å². The molecule has 126 valence electrons. The lowest BCUT2D eigenvalue weighted by atomic mass is 9.96. The molecule has 25 heavy (non-hydrogen) atoms. The summed E-state index contributed by atoms with van der Waals surface area (Å²) in [6, 6.07) is 14.6. The molecule has 4 rings (SSSR count). The summed E-state index contributed by atoms with van der Waals surface area (Å²) in [4.78, 5) is 26.6. The summed E-state index contributed by atoms with van der Waals surface area (Å²) in [6.45, 7) is 0.826. The number of halogens is 1. The molecule has 1 atom stereocenters. The standard InChI is InChI=1S/C19H16FN3O2/c20-14-8-6-13(7-9-14)17-16-15(21-19(25)22-17)11-23(18(16)24)10-12-4-2-1-3-5-12/h1-9,17H,10-11H2,(H2,21,22,25). The molecular formula is C19H16FN3O2. The Bertz CT molecular complexity index is 862. The molecule has 3 amide bonds. The van der Waals surface area contributed by atoms with Crippen LogP contribution in [0.3, 0.4) is 0 Å². The smallest absolute Gasteiger partial charge is 0.319 e. The van der Waals surface area contributed by atoms with Crippen LogP contribution in [0.2, 0.25) is 0 Å². The monoisotopic (exact) mass is 337 g/mol. The number of carbonyl (C=O) groups excluding carboxylic acids is 2. The molecule has 0 radical (unpaired) electrons. The predicted octanol–water partition coefficient (Wildman–Crippen LogP) is 2.48. The van der Waals surface area contributed by atoms with Gasteiger partial charge in [-0.2, -0.15) is 0 Å². The number of hydrogen-bond donors (Lipinski definition) is 2. The van der Waals surface area contributed by atoms with Gasteiger partial charge in [-0.05, 0) is 23.3 Å². The van der Waals surface area contributed by atoms with Crippen molar-refractivity contribution in [1.29, 1.82) is 0 Å². The second-order valence-electron chi connectivity index (χ2n) is 6.12. The summed E-state index contributed by atoms with van der Waals surface area (Å²) in [5.41, 5.74) is 2.83. The van der Waals surface area contributed by atoms with E-state index in [0.29, 0.717) is 29.9 Å². The van der Waals surface area contributed by atoms with Crippen molar-refractivity contribution in [2.75, 3.05) is 6.54 Å². The summed E-state index contributed by atoms with van der Waals surface area (Å²) in [5, 5.41) is 5.49. The van der Waals surface area contributed by atoms with Crippen LogP contribution in [0, 0.1) is 5.82 Å². The first-order valence-corrected chi connectivity index (χ1v) is 8.01. The quantitative estimate of drug-likeness (QED) is 0.904. The van der Waals surface area contributed by atoms with Gasteiger partial charge in [0.05, 0.1) is 23.9 Å². The minimum atomic E-state index is -0.572. The number of benzene rings is 2. The third-order valence-electron chi connectivity index (χ3n) is 4.44. The van der Waals surface area contributed by atoms with E-state index in [0.717, 1.165) is 5.56 Å². The van der Waals surface area contributed by atoms with Crippen LogP contribution in [0.25, 0.3) is 0 Å². The summed E-state index contributed by atoms with van der Waals surface area (Å²) in [6.07, 6.45) is 0. The summed E-state index contributed by atoms with van der Waals surface area (Å²) in [5.74, 6) is -0.484. The van der Waals surface area contributed by atoms with Gasteiger partial charge in [0.2, 0.25) is 0 Å². The Morgan fingerprint density at radius 1 is 1.04 bits per heavy atom. The van der Waals surface area contributed by atoms with Crippen molar-refractivity contribution in [3.8, 4) is 0 Å². The topological polar surface area (TPSA) is 61.4 Å². The van der Waals surface area contributed by atoms with Gasteiger partial charge >= 0.3 is 6.03 Å². The Morgan fingerprint density at radius 3 is 2.48 bits per heavy atom. The molecule has 2 aromatic rings. The zero-order chi connectivity index (χ0) is 17.4. The van der Waals surface area contributed by atoms with E-state index in [1.54, 1.807) is 17.0 Å². The van der Waals surface area contributed by atoms with Gasteiger partial charge < -0.3 is 15.5 Å². The van der Waals surface area contributed by atoms with Gasteiger partial charge in [0, 0.05) is 6.54 Å². The number of nitrogens with one attached hydrogen (secondary N) is 2. The fourth-order valence-electron chi connectivity index (χ4n) is 3.26. The van der Waals surface area contributed by atoms with E-state index in [-0.39, 0.29) is 17.8 Å². The number of carbonyl (C=O) groups is 2. The van der Waals surface area contributed by atoms with E-state index < -0.39 is 6.04 Å². The van der Waals surface area contributed by atoms with Crippen molar-refractivity contribution >= 4 is 11.9 Å². The van der Waals surface area contributed by atoms with Gasteiger partial charge in [0.15, 0.2) is 0 Å². The molecule has 2 N–H and O–H groups in total. The van der Waals surface area contributed by atoms with Crippen LogP contribution < -0.4 is 10.6 Å². The van der Waals surface area contributed by atoms with Gasteiger partial charge in [-0.3, -0.25) is 4.79 Å². The van der Waals surface area contributed by atoms with Crippen molar-refractivity contribution in [2.24, 2.45) is 0 Å². The summed E-state index contributed by atoms with van der Waals surface area (Å²) < 4.78 is 13.2. The van der Waals surface area contributed by atoms with E-state index in [9.17, 15) is 14.0 Å². The van der Waals surface area contributed by atoms with Gasteiger partial charge in [-0.25, -0.2) is 9.18 Å². The maximum Gasteiger partial charge on any atom is 0.319 e. The molecule has 6 heteroatoms. The Morgan fingerprint density at radius 2 is 1.76 bits per heavy atom. The van der Waals surface area contributed by atoms with Crippen LogP contribution in [0.15, 0.2) is 65.9 Å². The summed E-state index contributed by atoms with van der Waals surface area (Å²) in [7, 11) is 0. The van der Waals surface area contributed by atoms with Crippen molar-refractivity contribution in [3.63, 3.8) is 0 Å². The van der Waals surface area contributed by atoms with E-state index in [2.05, 4.69) is 10.6 Å². The van der Waals surface area contributed by atoms with Crippen molar-refractivity contribution in [3.05, 3.63) is 82.8 Å². The minimum absolute atomic E-state index is 0.124. The largest absolute Gasteiger partial charge is 0.329 e. The fourth-order valence-corrected chi connectivity index (χ4v) is 3.26. The summed E-state index contributed by atoms with van der Waals surface area (Å²) >= 11 is 0. The lowest BCUT2D eigenvalue weighted by molar-refractivity contribution is -0.126. The molecule has 0 fully saturated rings. The Labute approximate surface area is 144 Å². The maximum atomic E-state index is 13.2. The van der Waals surface area contributed by atoms with E-state index in [1.807, 2.05) is 30.3 Å². The van der Waals surface area contributed by atoms with Crippen molar-refractivity contribution < 1.29 is 14.0 Å². The highest BCUT2D eigenvalue weighted by molar-refractivity contribution is 6.01. The lowest BCUT2D eigenvalue weighted by Gasteiger charge is -2.25. The molecule has 2 aliphatic heterocycles. The zero-order valence-corrected chi connectivity index (χ0v) is 13.3. The first kappa shape index (κ1) is 15.4. The highest BCUT2D eigenvalue weighted by Crippen LogP contribution is 2.33. The van der Waals surface area contributed by atoms with E-state index in [1.165, 1.54) is 12.1 Å². The molecule has 2 aliphatic rings. The molecule has 2 heterocycles. The highest BCUT2D eigenvalue weighted by atomic mass is 19.1. The Balaban J connectivity index is 1.63. The number of urea groups is 1. The number of amides is 3. The Hall–Kier alpha value is -3.15. The average molecular weight is 337 g/mol. The average Bonchev–Trinajstić information content (AvgIpc) is 2.91. The fraction of sp³-hybridized carbons (Fsp3) is 0.158. The molecular weight excluding hydrogens is 321 g/mol. The zero-order valence-electron chi connectivity index (χ0n) is 13.3. The van der Waals surface area contributed by atoms with Crippen LogP contribution >= 0.6 is 0 Å². The predicted molar refractivity (Wildman–Crippen MR) is 89.7 cm³/mol. The number of hydrogen-bond acceptors (Lipinski definition) is 2. The van der Waals surface area contributed by atoms with Crippen LogP contribution in [-0.2, 0) is 11.3 Å². The van der Waals surface area contributed by atoms with E-state index >= 15 is 0 Å². The van der Waals surface area contributed by atoms with E-state index in [4.69, 9.17) is 0 Å². The first-order valence-electron chi connectivity index (χ1n) is 8.01. The number of nitrogens with zero attached hydrogens (tertiary/aromatic N) is 1. The molecule has 0 aliphatic carbocycles. The highest BCUT2D eigenvalue weighted by Gasteiger charge is 2.40. The maximum absolute atomic E-state index is 13.2. The molecule has 1 unspecified atom stereocenters. The van der Waals surface area contributed by atoms with Crippen molar-refractivity contribution in [1.82, 2.24) is 15.5 Å². The molecule has 0 bridgehead atoms. The van der Waals surface area contributed by atoms with Crippen LogP contribution in [0.1, 0.15) is 17.2 Å². The third kappa shape index (κ3) is 2.87. The third-order valence-corrected chi connectivity index (χ3v) is 4.44. The van der Waals surface area contributed by atoms with Gasteiger partial charge in [-0.15, -0.1) is 0 Å². The van der Waals surface area contributed by atoms with Crippen molar-refractivity contribution in [2.45, 2.75) is 12.6 Å². The molecule has 0 saturated carbocycles. The minimum Gasteiger partial charge on any atom is -0.329 e. The SMILES string of the molecule is O=C1NC2=C(C(=O)N(Cc3ccccc3)C2)C(c2ccc(F)cc2)N1. The molecule has 0 spiro atoms. The van der Waals surface area contributed by atoms with Gasteiger partial charge in [-0.1, -0.05) is 42.5 Å². The van der Waals surface area contributed by atoms with Crippen LogP contribution in [0.4, 0.5) is 9.18 Å². The second-order valence-corrected chi connectivity index (χ2v) is 6.12.